The molecule has 0 aliphatic carbocycles. The molecule has 7 heteroatoms. The molecule has 0 radical (unpaired) electrons. The molecule has 2 heterocycles. The van der Waals surface area contributed by atoms with E-state index in [0.717, 1.165) is 5.56 Å². The van der Waals surface area contributed by atoms with Gasteiger partial charge in [0, 0.05) is 18.8 Å². The fourth-order valence-electron chi connectivity index (χ4n) is 2.74. The van der Waals surface area contributed by atoms with E-state index < -0.39 is 5.82 Å². The Morgan fingerprint density at radius 1 is 1.33 bits per heavy atom. The van der Waals surface area contributed by atoms with Gasteiger partial charge in [-0.05, 0) is 29.0 Å². The minimum Gasteiger partial charge on any atom is -0.368 e. The highest BCUT2D eigenvalue weighted by Crippen LogP contribution is 2.32. The van der Waals surface area contributed by atoms with Gasteiger partial charge in [-0.25, -0.2) is 14.4 Å². The molecule has 0 amide bonds. The van der Waals surface area contributed by atoms with Crippen LogP contribution in [0.15, 0.2) is 29.3 Å². The molecule has 0 atom stereocenters. The summed E-state index contributed by atoms with van der Waals surface area (Å²) >= 11 is 6.12. The molecule has 1 aromatic carbocycles. The molecule has 2 aromatic heterocycles. The molecule has 0 fully saturated rings. The quantitative estimate of drug-likeness (QED) is 0.770. The van der Waals surface area contributed by atoms with Crippen molar-refractivity contribution in [2.45, 2.75) is 19.8 Å². The molecule has 3 rings (SSSR count). The fraction of sp³-hybridized carbons (Fsp3) is 0.235. The van der Waals surface area contributed by atoms with Crippen LogP contribution in [0.1, 0.15) is 25.3 Å². The summed E-state index contributed by atoms with van der Waals surface area (Å²) in [5.74, 6) is -0.457. The molecule has 0 unspecified atom stereocenters. The van der Waals surface area contributed by atoms with E-state index >= 15 is 0 Å². The molecule has 3 aromatic rings. The van der Waals surface area contributed by atoms with Crippen molar-refractivity contribution >= 4 is 28.3 Å². The maximum absolute atomic E-state index is 14.7. The van der Waals surface area contributed by atoms with Gasteiger partial charge in [-0.3, -0.25) is 4.79 Å². The standard InChI is InChI=1S/C17H16ClFN4O/c1-8(2)11-7-23(3)16(24)14-10(11)4-9(5-13(14)19)15-12(18)6-21-17(20)22-15/h4-8H,1-3H3,(H2,20,21,22). The third-order valence-corrected chi connectivity index (χ3v) is 4.20. The number of fused-ring (bicyclic) bond motifs is 1. The van der Waals surface area contributed by atoms with Crippen LogP contribution in [0.5, 0.6) is 0 Å². The number of aromatic nitrogens is 3. The number of hydrogen-bond acceptors (Lipinski definition) is 4. The number of halogens is 2. The van der Waals surface area contributed by atoms with Gasteiger partial charge in [0.2, 0.25) is 5.95 Å². The normalized spacial score (nSPS) is 11.4. The Labute approximate surface area is 142 Å². The SMILES string of the molecule is CC(C)c1cn(C)c(=O)c2c(F)cc(-c3nc(N)ncc3Cl)cc12. The van der Waals surface area contributed by atoms with Crippen LogP contribution in [0.25, 0.3) is 22.0 Å². The molecule has 0 spiro atoms. The van der Waals surface area contributed by atoms with Crippen LogP contribution >= 0.6 is 11.6 Å². The maximum atomic E-state index is 14.7. The lowest BCUT2D eigenvalue weighted by Gasteiger charge is -2.14. The van der Waals surface area contributed by atoms with Crippen molar-refractivity contribution in [3.8, 4) is 11.3 Å². The van der Waals surface area contributed by atoms with Crippen LogP contribution in [0.3, 0.4) is 0 Å². The second kappa shape index (κ2) is 5.87. The van der Waals surface area contributed by atoms with Crippen molar-refractivity contribution < 1.29 is 4.39 Å². The first-order valence-electron chi connectivity index (χ1n) is 7.40. The Bertz CT molecular complexity index is 1010. The van der Waals surface area contributed by atoms with Gasteiger partial charge in [-0.2, -0.15) is 0 Å². The van der Waals surface area contributed by atoms with Crippen molar-refractivity contribution in [2.75, 3.05) is 5.73 Å². The highest BCUT2D eigenvalue weighted by atomic mass is 35.5. The van der Waals surface area contributed by atoms with E-state index in [1.54, 1.807) is 19.3 Å². The largest absolute Gasteiger partial charge is 0.368 e. The molecule has 124 valence electrons. The van der Waals surface area contributed by atoms with Gasteiger partial charge in [0.05, 0.1) is 22.3 Å². The van der Waals surface area contributed by atoms with Crippen LogP contribution in [-0.4, -0.2) is 14.5 Å². The van der Waals surface area contributed by atoms with Crippen LogP contribution in [0.2, 0.25) is 5.02 Å². The Morgan fingerprint density at radius 3 is 2.71 bits per heavy atom. The lowest BCUT2D eigenvalue weighted by atomic mass is 9.96. The van der Waals surface area contributed by atoms with E-state index in [2.05, 4.69) is 9.97 Å². The van der Waals surface area contributed by atoms with E-state index in [1.807, 2.05) is 13.8 Å². The molecule has 2 N–H and O–H groups in total. The molecular formula is C17H16ClFN4O. The topological polar surface area (TPSA) is 73.8 Å². The van der Waals surface area contributed by atoms with Crippen molar-refractivity contribution in [2.24, 2.45) is 7.05 Å². The third kappa shape index (κ3) is 2.63. The number of rotatable bonds is 2. The predicted molar refractivity (Wildman–Crippen MR) is 93.7 cm³/mol. The van der Waals surface area contributed by atoms with Gasteiger partial charge in [0.15, 0.2) is 0 Å². The number of nitrogens with two attached hydrogens (primary N) is 1. The summed E-state index contributed by atoms with van der Waals surface area (Å²) in [6.07, 6.45) is 3.10. The maximum Gasteiger partial charge on any atom is 0.261 e. The van der Waals surface area contributed by atoms with Crippen LogP contribution < -0.4 is 11.3 Å². The summed E-state index contributed by atoms with van der Waals surface area (Å²) in [6.45, 7) is 3.97. The highest BCUT2D eigenvalue weighted by molar-refractivity contribution is 6.33. The van der Waals surface area contributed by atoms with Crippen molar-refractivity contribution in [3.05, 3.63) is 51.3 Å². The van der Waals surface area contributed by atoms with E-state index in [-0.39, 0.29) is 27.8 Å². The zero-order valence-electron chi connectivity index (χ0n) is 13.5. The summed E-state index contributed by atoms with van der Waals surface area (Å²) in [5.41, 5.74) is 6.88. The van der Waals surface area contributed by atoms with Crippen LogP contribution in [0.4, 0.5) is 10.3 Å². The molecule has 0 saturated heterocycles. The number of benzene rings is 1. The first-order valence-corrected chi connectivity index (χ1v) is 7.78. The van der Waals surface area contributed by atoms with Gasteiger partial charge in [0.25, 0.3) is 5.56 Å². The average Bonchev–Trinajstić information content (AvgIpc) is 2.52. The van der Waals surface area contributed by atoms with E-state index in [9.17, 15) is 9.18 Å². The minimum atomic E-state index is -0.612. The molecule has 5 nitrogen and oxygen atoms in total. The van der Waals surface area contributed by atoms with E-state index in [1.165, 1.54) is 16.8 Å². The number of anilines is 1. The first kappa shape index (κ1) is 16.4. The van der Waals surface area contributed by atoms with Crippen molar-refractivity contribution in [3.63, 3.8) is 0 Å². The Morgan fingerprint density at radius 2 is 2.04 bits per heavy atom. The highest BCUT2D eigenvalue weighted by Gasteiger charge is 2.17. The monoisotopic (exact) mass is 346 g/mol. The number of nitrogen functional groups attached to an aromatic ring is 1. The number of hydrogen-bond donors (Lipinski definition) is 1. The van der Waals surface area contributed by atoms with Gasteiger partial charge < -0.3 is 10.3 Å². The van der Waals surface area contributed by atoms with Crippen LogP contribution in [0, 0.1) is 5.82 Å². The van der Waals surface area contributed by atoms with Crippen LogP contribution in [-0.2, 0) is 7.05 Å². The number of nitrogens with zero attached hydrogens (tertiary/aromatic N) is 3. The Hall–Kier alpha value is -2.47. The van der Waals surface area contributed by atoms with Gasteiger partial charge >= 0.3 is 0 Å². The van der Waals surface area contributed by atoms with Crippen molar-refractivity contribution in [1.29, 1.82) is 0 Å². The van der Waals surface area contributed by atoms with Gasteiger partial charge in [0.1, 0.15) is 5.82 Å². The zero-order chi connectivity index (χ0) is 17.6. The predicted octanol–water partition coefficient (Wildman–Crippen LogP) is 3.49. The summed E-state index contributed by atoms with van der Waals surface area (Å²) < 4.78 is 16.1. The lowest BCUT2D eigenvalue weighted by molar-refractivity contribution is 0.636. The van der Waals surface area contributed by atoms with Gasteiger partial charge in [-0.15, -0.1) is 0 Å². The molecule has 0 bridgehead atoms. The van der Waals surface area contributed by atoms with E-state index in [0.29, 0.717) is 16.6 Å². The number of aryl methyl sites for hydroxylation is 1. The first-order chi connectivity index (χ1) is 11.3. The fourth-order valence-corrected chi connectivity index (χ4v) is 2.95. The molecular weight excluding hydrogens is 331 g/mol. The lowest BCUT2D eigenvalue weighted by Crippen LogP contribution is -2.19. The zero-order valence-corrected chi connectivity index (χ0v) is 14.2. The average molecular weight is 347 g/mol. The Kier molecular flexibility index (Phi) is 4.01. The van der Waals surface area contributed by atoms with E-state index in [4.69, 9.17) is 17.3 Å². The second-order valence-corrected chi connectivity index (χ2v) is 6.37. The third-order valence-electron chi connectivity index (χ3n) is 3.93. The number of pyridine rings is 1. The summed E-state index contributed by atoms with van der Waals surface area (Å²) in [5, 5.41) is 0.875. The Balaban J connectivity index is 2.42. The molecule has 0 aliphatic heterocycles. The molecule has 0 saturated carbocycles. The second-order valence-electron chi connectivity index (χ2n) is 5.96. The summed E-state index contributed by atoms with van der Waals surface area (Å²) in [4.78, 5) is 20.2. The molecule has 24 heavy (non-hydrogen) atoms. The minimum absolute atomic E-state index is 0.0444. The molecule has 0 aliphatic rings. The summed E-state index contributed by atoms with van der Waals surface area (Å²) in [7, 11) is 1.61. The smallest absolute Gasteiger partial charge is 0.261 e. The summed E-state index contributed by atoms with van der Waals surface area (Å²) in [6, 6.07) is 2.98. The van der Waals surface area contributed by atoms with Crippen molar-refractivity contribution in [1.82, 2.24) is 14.5 Å². The van der Waals surface area contributed by atoms with Gasteiger partial charge in [-0.1, -0.05) is 25.4 Å².